The number of allylic oxidation sites excluding steroid dienone is 1. The zero-order valence-electron chi connectivity index (χ0n) is 11.7. The van der Waals surface area contributed by atoms with Crippen LogP contribution in [0.4, 0.5) is 5.69 Å². The average molecular weight is 289 g/mol. The lowest BCUT2D eigenvalue weighted by Gasteiger charge is -2.07. The molecular weight excluding hydrogens is 274 g/mol. The third-order valence-electron chi connectivity index (χ3n) is 2.44. The molecule has 0 bridgehead atoms. The zero-order chi connectivity index (χ0) is 15.8. The molecule has 0 saturated carbocycles. The minimum absolute atomic E-state index is 0.111. The van der Waals surface area contributed by atoms with E-state index in [1.165, 1.54) is 31.5 Å². The van der Waals surface area contributed by atoms with Gasteiger partial charge in [-0.2, -0.15) is 0 Å². The van der Waals surface area contributed by atoms with Gasteiger partial charge in [-0.1, -0.05) is 12.7 Å². The molecule has 110 valence electrons. The second-order valence-corrected chi connectivity index (χ2v) is 3.79. The molecule has 0 aliphatic rings. The second kappa shape index (κ2) is 7.59. The van der Waals surface area contributed by atoms with Crippen molar-refractivity contribution in [1.82, 2.24) is 5.32 Å². The van der Waals surface area contributed by atoms with Crippen molar-refractivity contribution in [1.29, 1.82) is 0 Å². The van der Waals surface area contributed by atoms with Crippen LogP contribution in [-0.4, -0.2) is 23.8 Å². The molecule has 0 unspecified atom stereocenters. The number of nitro benzene ring substituents is 1. The number of aliphatic imine (C=N–C) groups is 1. The third-order valence-corrected chi connectivity index (χ3v) is 2.44. The topological polar surface area (TPSA) is 93.8 Å². The van der Waals surface area contributed by atoms with E-state index in [2.05, 4.69) is 16.9 Å². The first-order chi connectivity index (χ1) is 10.0. The molecule has 1 amide bonds. The Balaban J connectivity index is 3.18. The highest BCUT2D eigenvalue weighted by molar-refractivity contribution is 6.12. The van der Waals surface area contributed by atoms with Crippen LogP contribution < -0.4 is 10.1 Å². The van der Waals surface area contributed by atoms with E-state index in [1.807, 2.05) is 0 Å². The molecule has 1 aromatic carbocycles. The van der Waals surface area contributed by atoms with Crippen LogP contribution in [0.1, 0.15) is 17.3 Å². The third kappa shape index (κ3) is 4.27. The molecule has 1 rings (SSSR count). The number of amides is 1. The number of carbonyl (C=O) groups is 1. The van der Waals surface area contributed by atoms with Gasteiger partial charge in [-0.3, -0.25) is 14.9 Å². The molecule has 0 atom stereocenters. The van der Waals surface area contributed by atoms with Gasteiger partial charge >= 0.3 is 0 Å². The van der Waals surface area contributed by atoms with E-state index < -0.39 is 10.8 Å². The standard InChI is InChI=1S/C14H15N3O4/c1-4-6-13(15-5-2)16-14(18)11-9-10(21-3)7-8-12(11)17(19)20/h4-9H,2H2,1,3H3,(H,15,16,18)/b6-4-. The Labute approximate surface area is 121 Å². The van der Waals surface area contributed by atoms with E-state index >= 15 is 0 Å². The summed E-state index contributed by atoms with van der Waals surface area (Å²) in [5.74, 6) is -0.0760. The van der Waals surface area contributed by atoms with Gasteiger partial charge < -0.3 is 10.1 Å². The van der Waals surface area contributed by atoms with Crippen LogP contribution in [0.3, 0.4) is 0 Å². The summed E-state index contributed by atoms with van der Waals surface area (Å²) >= 11 is 0. The first-order valence-electron chi connectivity index (χ1n) is 5.98. The highest BCUT2D eigenvalue weighted by Crippen LogP contribution is 2.23. The van der Waals surface area contributed by atoms with E-state index in [0.29, 0.717) is 5.75 Å². The van der Waals surface area contributed by atoms with Gasteiger partial charge in [0.15, 0.2) is 0 Å². The summed E-state index contributed by atoms with van der Waals surface area (Å²) < 4.78 is 4.98. The molecule has 1 N–H and O–H groups in total. The van der Waals surface area contributed by atoms with Crippen molar-refractivity contribution in [2.24, 2.45) is 4.99 Å². The van der Waals surface area contributed by atoms with Gasteiger partial charge in [0.25, 0.3) is 11.6 Å². The Bertz CT molecular complexity index is 621. The smallest absolute Gasteiger partial charge is 0.282 e. The van der Waals surface area contributed by atoms with Crippen molar-refractivity contribution in [3.05, 3.63) is 58.8 Å². The number of ether oxygens (including phenoxy) is 1. The Morgan fingerprint density at radius 1 is 1.52 bits per heavy atom. The lowest BCUT2D eigenvalue weighted by molar-refractivity contribution is -0.385. The van der Waals surface area contributed by atoms with Crippen LogP contribution in [0.2, 0.25) is 0 Å². The molecular formula is C14H15N3O4. The summed E-state index contributed by atoms with van der Waals surface area (Å²) in [7, 11) is 1.41. The predicted molar refractivity (Wildman–Crippen MR) is 79.6 cm³/mol. The minimum Gasteiger partial charge on any atom is -0.497 e. The summed E-state index contributed by atoms with van der Waals surface area (Å²) in [5, 5.41) is 13.5. The number of methoxy groups -OCH3 is 1. The molecule has 0 aromatic heterocycles. The number of rotatable bonds is 5. The number of hydrogen-bond donors (Lipinski definition) is 1. The van der Waals surface area contributed by atoms with Crippen molar-refractivity contribution in [2.75, 3.05) is 7.11 Å². The van der Waals surface area contributed by atoms with E-state index in [4.69, 9.17) is 4.74 Å². The molecule has 0 aliphatic carbocycles. The molecule has 0 spiro atoms. The Kier molecular flexibility index (Phi) is 5.81. The number of amidine groups is 1. The number of carbonyl (C=O) groups excluding carboxylic acids is 1. The summed E-state index contributed by atoms with van der Waals surface area (Å²) in [4.78, 5) is 26.4. The molecule has 0 fully saturated rings. The largest absolute Gasteiger partial charge is 0.497 e. The van der Waals surface area contributed by atoms with Gasteiger partial charge in [-0.25, -0.2) is 4.99 Å². The lowest BCUT2D eigenvalue weighted by atomic mass is 10.1. The summed E-state index contributed by atoms with van der Waals surface area (Å²) in [5.41, 5.74) is -0.424. The van der Waals surface area contributed by atoms with Crippen LogP contribution in [-0.2, 0) is 0 Å². The number of nitro groups is 1. The van der Waals surface area contributed by atoms with Crippen LogP contribution in [0, 0.1) is 10.1 Å². The Hall–Kier alpha value is -2.96. The van der Waals surface area contributed by atoms with Gasteiger partial charge in [0.1, 0.15) is 17.1 Å². The average Bonchev–Trinajstić information content (AvgIpc) is 2.46. The molecule has 7 nitrogen and oxygen atoms in total. The van der Waals surface area contributed by atoms with Crippen LogP contribution in [0.25, 0.3) is 0 Å². The van der Waals surface area contributed by atoms with Gasteiger partial charge in [-0.15, -0.1) is 0 Å². The van der Waals surface area contributed by atoms with Crippen LogP contribution in [0.5, 0.6) is 5.75 Å². The number of nitrogens with one attached hydrogen (secondary N) is 1. The monoisotopic (exact) mass is 289 g/mol. The Morgan fingerprint density at radius 3 is 2.76 bits per heavy atom. The maximum atomic E-state index is 12.2. The fourth-order valence-corrected chi connectivity index (χ4v) is 1.54. The van der Waals surface area contributed by atoms with E-state index in [-0.39, 0.29) is 17.1 Å². The molecule has 21 heavy (non-hydrogen) atoms. The van der Waals surface area contributed by atoms with Crippen molar-refractivity contribution >= 4 is 17.4 Å². The molecule has 0 heterocycles. The first-order valence-corrected chi connectivity index (χ1v) is 5.98. The van der Waals surface area contributed by atoms with E-state index in [0.717, 1.165) is 0 Å². The summed E-state index contributed by atoms with van der Waals surface area (Å²) in [6.07, 6.45) is 4.48. The molecule has 0 aliphatic heterocycles. The number of hydrogen-bond acceptors (Lipinski definition) is 5. The second-order valence-electron chi connectivity index (χ2n) is 3.79. The molecule has 7 heteroatoms. The van der Waals surface area contributed by atoms with Crippen molar-refractivity contribution in [2.45, 2.75) is 6.92 Å². The van der Waals surface area contributed by atoms with Crippen molar-refractivity contribution in [3.8, 4) is 5.75 Å². The van der Waals surface area contributed by atoms with E-state index in [1.54, 1.807) is 19.1 Å². The zero-order valence-corrected chi connectivity index (χ0v) is 11.7. The highest BCUT2D eigenvalue weighted by atomic mass is 16.6. The van der Waals surface area contributed by atoms with Gasteiger partial charge in [0, 0.05) is 12.3 Å². The van der Waals surface area contributed by atoms with Gasteiger partial charge in [0.2, 0.25) is 0 Å². The normalized spacial score (nSPS) is 11.2. The van der Waals surface area contributed by atoms with Crippen molar-refractivity contribution in [3.63, 3.8) is 0 Å². The lowest BCUT2D eigenvalue weighted by Crippen LogP contribution is -2.29. The van der Waals surface area contributed by atoms with Crippen molar-refractivity contribution < 1.29 is 14.5 Å². The summed E-state index contributed by atoms with van der Waals surface area (Å²) in [6, 6.07) is 3.93. The highest BCUT2D eigenvalue weighted by Gasteiger charge is 2.21. The molecule has 1 aromatic rings. The quantitative estimate of drug-likeness (QED) is 0.390. The fraction of sp³-hybridized carbons (Fsp3) is 0.143. The number of benzene rings is 1. The maximum absolute atomic E-state index is 12.2. The van der Waals surface area contributed by atoms with Crippen LogP contribution >= 0.6 is 0 Å². The SMILES string of the molecule is C=C/N=C(\C=C/C)NC(=O)c1cc(OC)ccc1[N+](=O)[O-]. The van der Waals surface area contributed by atoms with Gasteiger partial charge in [-0.05, 0) is 25.1 Å². The minimum atomic E-state index is -0.653. The number of nitrogens with zero attached hydrogens (tertiary/aromatic N) is 2. The fourth-order valence-electron chi connectivity index (χ4n) is 1.54. The molecule has 0 radical (unpaired) electrons. The van der Waals surface area contributed by atoms with Crippen LogP contribution in [0.15, 0.2) is 48.1 Å². The van der Waals surface area contributed by atoms with Gasteiger partial charge in [0.05, 0.1) is 12.0 Å². The maximum Gasteiger partial charge on any atom is 0.282 e. The van der Waals surface area contributed by atoms with E-state index in [9.17, 15) is 14.9 Å². The summed E-state index contributed by atoms with van der Waals surface area (Å²) in [6.45, 7) is 5.18. The molecule has 0 saturated heterocycles. The predicted octanol–water partition coefficient (Wildman–Crippen LogP) is 2.45. The Morgan fingerprint density at radius 2 is 2.24 bits per heavy atom. The first kappa shape index (κ1) is 16.1.